The summed E-state index contributed by atoms with van der Waals surface area (Å²) in [6, 6.07) is 14.3. The number of fused-ring (bicyclic) bond motifs is 1. The number of nitrogens with one attached hydrogen (secondary N) is 2. The number of hydrogen-bond acceptors (Lipinski definition) is 11. The van der Waals surface area contributed by atoms with E-state index in [1.165, 1.54) is 12.1 Å². The Bertz CT molecular complexity index is 2090. The fourth-order valence-electron chi connectivity index (χ4n) is 8.55. The van der Waals surface area contributed by atoms with E-state index in [0.717, 1.165) is 36.9 Å². The van der Waals surface area contributed by atoms with Crippen molar-refractivity contribution in [3.8, 4) is 17.6 Å². The lowest BCUT2D eigenvalue weighted by atomic mass is 9.49. The van der Waals surface area contributed by atoms with Gasteiger partial charge in [0.2, 0.25) is 11.8 Å². The molecule has 1 unspecified atom stereocenters. The second kappa shape index (κ2) is 14.6. The molecule has 4 aliphatic rings. The molecule has 1 aromatic heterocycles. The van der Waals surface area contributed by atoms with Crippen molar-refractivity contribution in [3.05, 3.63) is 82.0 Å². The van der Waals surface area contributed by atoms with Gasteiger partial charge in [-0.1, -0.05) is 39.3 Å². The number of piperazine rings is 1. The van der Waals surface area contributed by atoms with Crippen molar-refractivity contribution < 1.29 is 33.4 Å². The molecule has 1 aliphatic carbocycles. The summed E-state index contributed by atoms with van der Waals surface area (Å²) in [4.78, 5) is 73.4. The van der Waals surface area contributed by atoms with Crippen LogP contribution in [-0.4, -0.2) is 102 Å². The summed E-state index contributed by atoms with van der Waals surface area (Å²) in [5.41, 5.74) is 0.459. The lowest BCUT2D eigenvalue weighted by Crippen LogP contribution is -2.74. The van der Waals surface area contributed by atoms with Crippen LogP contribution in [0.15, 0.2) is 54.7 Å². The zero-order chi connectivity index (χ0) is 39.2. The average molecular weight is 768 g/mol. The number of imide groups is 2. The number of rotatable bonds is 10. The Balaban J connectivity index is 0.869. The quantitative estimate of drug-likeness (QED) is 0.287. The first kappa shape index (κ1) is 37.8. The summed E-state index contributed by atoms with van der Waals surface area (Å²) in [7, 11) is 0. The molecule has 3 aromatic rings. The molecule has 286 valence electrons. The predicted molar refractivity (Wildman–Crippen MR) is 201 cm³/mol. The van der Waals surface area contributed by atoms with Gasteiger partial charge in [0.25, 0.3) is 17.7 Å². The molecule has 1 atom stereocenters. The van der Waals surface area contributed by atoms with Gasteiger partial charge in [-0.2, -0.15) is 5.26 Å². The van der Waals surface area contributed by atoms with Crippen LogP contribution in [0.3, 0.4) is 0 Å². The van der Waals surface area contributed by atoms with Gasteiger partial charge in [-0.15, -0.1) is 0 Å². The first-order valence-electron chi connectivity index (χ1n) is 18.3. The molecule has 0 radical (unpaired) electrons. The Morgan fingerprint density at radius 3 is 2.33 bits per heavy atom. The molecule has 14 nitrogen and oxygen atoms in total. The molecule has 1 saturated carbocycles. The largest absolute Gasteiger partial charge is 0.492 e. The fraction of sp³-hybridized carbons (Fsp3) is 0.425. The van der Waals surface area contributed by atoms with E-state index < -0.39 is 29.7 Å². The van der Waals surface area contributed by atoms with Crippen molar-refractivity contribution in [1.29, 1.82) is 5.26 Å². The number of carbonyl (C=O) groups is 5. The van der Waals surface area contributed by atoms with Gasteiger partial charge in [0, 0.05) is 68.3 Å². The Morgan fingerprint density at radius 2 is 1.67 bits per heavy atom. The molecule has 0 spiro atoms. The molecule has 7 rings (SSSR count). The maximum Gasteiger partial charge on any atom is 0.262 e. The van der Waals surface area contributed by atoms with E-state index in [0.29, 0.717) is 40.8 Å². The van der Waals surface area contributed by atoms with Crippen molar-refractivity contribution in [2.24, 2.45) is 10.8 Å². The SMILES string of the molecule is CC1(C)[C@H](NC(=O)c2ccc(N3CCN(CCOc4ccc5c(c4)C(=O)N(C4CCC(=O)NC4=O)C5=O)CC3)nc2)C(C)(C)[C@H]1Oc1ccc(C#N)c(Cl)c1. The highest BCUT2D eigenvalue weighted by atomic mass is 35.5. The van der Waals surface area contributed by atoms with Crippen molar-refractivity contribution in [2.45, 2.75) is 58.7 Å². The van der Waals surface area contributed by atoms with Gasteiger partial charge >= 0.3 is 0 Å². The number of aromatic nitrogens is 1. The van der Waals surface area contributed by atoms with E-state index in [1.807, 2.05) is 6.07 Å². The van der Waals surface area contributed by atoms with E-state index in [2.05, 4.69) is 59.2 Å². The number of amides is 5. The van der Waals surface area contributed by atoms with Crippen LogP contribution >= 0.6 is 11.6 Å². The van der Waals surface area contributed by atoms with Crippen molar-refractivity contribution in [2.75, 3.05) is 44.2 Å². The number of hydrogen-bond donors (Lipinski definition) is 2. The maximum atomic E-state index is 13.4. The van der Waals surface area contributed by atoms with Crippen LogP contribution in [0.4, 0.5) is 5.82 Å². The van der Waals surface area contributed by atoms with Crippen LogP contribution in [0.5, 0.6) is 11.5 Å². The molecule has 3 fully saturated rings. The summed E-state index contributed by atoms with van der Waals surface area (Å²) in [6.07, 6.45) is 1.55. The number of pyridine rings is 1. The second-order valence-corrected chi connectivity index (χ2v) is 15.9. The summed E-state index contributed by atoms with van der Waals surface area (Å²) in [5.74, 6) is -0.593. The summed E-state index contributed by atoms with van der Waals surface area (Å²) >= 11 is 6.23. The summed E-state index contributed by atoms with van der Waals surface area (Å²) in [6.45, 7) is 12.3. The van der Waals surface area contributed by atoms with Gasteiger partial charge in [0.15, 0.2) is 0 Å². The normalized spacial score (nSPS) is 23.0. The zero-order valence-corrected chi connectivity index (χ0v) is 31.8. The van der Waals surface area contributed by atoms with Gasteiger partial charge < -0.3 is 19.7 Å². The van der Waals surface area contributed by atoms with Crippen molar-refractivity contribution in [1.82, 2.24) is 25.4 Å². The number of anilines is 1. The molecule has 5 amide bonds. The van der Waals surface area contributed by atoms with Crippen molar-refractivity contribution in [3.63, 3.8) is 0 Å². The van der Waals surface area contributed by atoms with Gasteiger partial charge in [-0.25, -0.2) is 4.98 Å². The number of piperidine rings is 1. The molecule has 4 heterocycles. The predicted octanol–water partition coefficient (Wildman–Crippen LogP) is 3.82. The van der Waals surface area contributed by atoms with Crippen LogP contribution in [0.25, 0.3) is 0 Å². The van der Waals surface area contributed by atoms with Crippen LogP contribution in [0, 0.1) is 22.2 Å². The first-order valence-corrected chi connectivity index (χ1v) is 18.7. The molecular weight excluding hydrogens is 726 g/mol. The second-order valence-electron chi connectivity index (χ2n) is 15.5. The molecule has 55 heavy (non-hydrogen) atoms. The minimum atomic E-state index is -1.02. The molecule has 0 bridgehead atoms. The third kappa shape index (κ3) is 7.10. The lowest BCUT2D eigenvalue weighted by molar-refractivity contribution is -0.164. The van der Waals surface area contributed by atoms with Crippen LogP contribution in [-0.2, 0) is 9.59 Å². The molecule has 2 aromatic carbocycles. The Labute approximate surface area is 323 Å². The number of nitriles is 1. The molecule has 2 saturated heterocycles. The van der Waals surface area contributed by atoms with Gasteiger partial charge in [-0.3, -0.25) is 39.1 Å². The molecular formula is C40H42ClN7O7. The third-order valence-corrected chi connectivity index (χ3v) is 11.5. The van der Waals surface area contributed by atoms with Crippen LogP contribution in [0.1, 0.15) is 77.2 Å². The topological polar surface area (TPSA) is 174 Å². The Morgan fingerprint density at radius 1 is 0.964 bits per heavy atom. The number of ether oxygens (including phenoxy) is 2. The number of nitrogens with zero attached hydrogens (tertiary/aromatic N) is 5. The minimum absolute atomic E-state index is 0.0607. The minimum Gasteiger partial charge on any atom is -0.492 e. The van der Waals surface area contributed by atoms with Gasteiger partial charge in [0.1, 0.15) is 42.1 Å². The molecule has 15 heteroatoms. The average Bonchev–Trinajstić information content (AvgIpc) is 3.41. The summed E-state index contributed by atoms with van der Waals surface area (Å²) in [5, 5.41) is 14.9. The van der Waals surface area contributed by atoms with Crippen LogP contribution in [0.2, 0.25) is 5.02 Å². The van der Waals surface area contributed by atoms with E-state index in [-0.39, 0.29) is 52.9 Å². The lowest BCUT2D eigenvalue weighted by Gasteiger charge is -2.63. The highest BCUT2D eigenvalue weighted by Crippen LogP contribution is 2.55. The summed E-state index contributed by atoms with van der Waals surface area (Å²) < 4.78 is 12.3. The number of carbonyl (C=O) groups excluding carboxylic acids is 5. The first-order chi connectivity index (χ1) is 26.2. The highest BCUT2D eigenvalue weighted by molar-refractivity contribution is 6.31. The number of halogens is 1. The standard InChI is InChI=1S/C40H42ClN7O7/c1-39(2)37(40(3,4)38(39)55-26-7-5-23(21-42)29(41)20-26)45-33(50)24-6-11-31(43-22-24)47-15-13-46(14-16-47)17-18-54-25-8-9-27-28(19-25)36(53)48(35(27)52)30-10-12-32(49)44-34(30)51/h5-9,11,19-20,22,30,37-38H,10,12-18H2,1-4H3,(H,45,50)(H,44,49,51)/t30?,37-,38-. The van der Waals surface area contributed by atoms with Gasteiger partial charge in [-0.05, 0) is 48.9 Å². The highest BCUT2D eigenvalue weighted by Gasteiger charge is 2.64. The van der Waals surface area contributed by atoms with E-state index in [4.69, 9.17) is 21.1 Å². The zero-order valence-electron chi connectivity index (χ0n) is 31.1. The molecule has 3 aliphatic heterocycles. The van der Waals surface area contributed by atoms with E-state index >= 15 is 0 Å². The smallest absolute Gasteiger partial charge is 0.262 e. The van der Waals surface area contributed by atoms with Gasteiger partial charge in [0.05, 0.1) is 27.3 Å². The van der Waals surface area contributed by atoms with Crippen LogP contribution < -0.4 is 25.0 Å². The maximum absolute atomic E-state index is 13.4. The number of benzene rings is 2. The monoisotopic (exact) mass is 767 g/mol. The fourth-order valence-corrected chi connectivity index (χ4v) is 8.76. The Hall–Kier alpha value is -5.52. The van der Waals surface area contributed by atoms with Crippen molar-refractivity contribution >= 4 is 47.0 Å². The Kier molecular flexibility index (Phi) is 10.0. The molecule has 2 N–H and O–H groups in total. The van der Waals surface area contributed by atoms with E-state index in [9.17, 15) is 29.2 Å². The van der Waals surface area contributed by atoms with E-state index in [1.54, 1.807) is 36.5 Å². The third-order valence-electron chi connectivity index (χ3n) is 11.2.